The number of fused-ring (bicyclic) bond motifs is 2. The Bertz CT molecular complexity index is 1550. The Morgan fingerprint density at radius 2 is 1.91 bits per heavy atom. The van der Waals surface area contributed by atoms with Gasteiger partial charge < -0.3 is 14.8 Å². The first-order chi connectivity index (χ1) is 16.7. The first-order valence-corrected chi connectivity index (χ1v) is 14.0. The minimum atomic E-state index is -3.28. The first kappa shape index (κ1) is 23.9. The Labute approximate surface area is 215 Å². The van der Waals surface area contributed by atoms with Crippen LogP contribution in [0, 0.1) is 0 Å². The Balaban J connectivity index is 1.40. The topological polar surface area (TPSA) is 94.6 Å². The van der Waals surface area contributed by atoms with Gasteiger partial charge in [-0.25, -0.2) is 13.4 Å². The molecule has 0 spiro atoms. The molecule has 0 saturated carbocycles. The van der Waals surface area contributed by atoms with Crippen LogP contribution in [0.15, 0.2) is 54.6 Å². The molecule has 3 heterocycles. The summed E-state index contributed by atoms with van der Waals surface area (Å²) in [5.74, 6) is 0.926. The molecule has 0 bridgehead atoms. The highest BCUT2D eigenvalue weighted by Gasteiger charge is 2.30. The highest BCUT2D eigenvalue weighted by atomic mass is 35.5. The molecule has 0 unspecified atom stereocenters. The molecule has 1 amide bonds. The predicted molar refractivity (Wildman–Crippen MR) is 138 cm³/mol. The second-order valence-corrected chi connectivity index (χ2v) is 12.2. The number of thiophene rings is 1. The maximum absolute atomic E-state index is 13.0. The van der Waals surface area contributed by atoms with Crippen molar-refractivity contribution in [3.63, 3.8) is 0 Å². The Kier molecular flexibility index (Phi) is 6.35. The number of benzene rings is 2. The molecule has 7 nitrogen and oxygen atoms in total. The summed E-state index contributed by atoms with van der Waals surface area (Å²) in [4.78, 5) is 17.6. The van der Waals surface area contributed by atoms with Gasteiger partial charge in [-0.2, -0.15) is 0 Å². The minimum absolute atomic E-state index is 0.153. The van der Waals surface area contributed by atoms with Gasteiger partial charge in [0.15, 0.2) is 9.84 Å². The van der Waals surface area contributed by atoms with E-state index in [1.807, 2.05) is 0 Å². The quantitative estimate of drug-likeness (QED) is 0.285. The molecule has 35 heavy (non-hydrogen) atoms. The zero-order valence-corrected chi connectivity index (χ0v) is 21.4. The number of ether oxygens (including phenoxy) is 2. The van der Waals surface area contributed by atoms with E-state index in [4.69, 9.17) is 32.7 Å². The number of halogens is 2. The van der Waals surface area contributed by atoms with E-state index < -0.39 is 15.1 Å². The van der Waals surface area contributed by atoms with E-state index in [-0.39, 0.29) is 16.9 Å². The molecule has 1 aliphatic rings. The molecule has 0 aliphatic carbocycles. The first-order valence-electron chi connectivity index (χ1n) is 10.5. The van der Waals surface area contributed by atoms with Crippen LogP contribution in [-0.4, -0.2) is 32.2 Å². The number of nitrogens with one attached hydrogen (secondary N) is 1. The highest BCUT2D eigenvalue weighted by Crippen LogP contribution is 2.41. The average Bonchev–Trinajstić information content (AvgIpc) is 3.21. The van der Waals surface area contributed by atoms with Crippen molar-refractivity contribution >= 4 is 66.1 Å². The second kappa shape index (κ2) is 9.31. The third kappa shape index (κ3) is 5.23. The fourth-order valence-corrected chi connectivity index (χ4v) is 6.33. The zero-order valence-electron chi connectivity index (χ0n) is 18.2. The molecule has 1 N–H and O–H groups in total. The third-order valence-corrected chi connectivity index (χ3v) is 8.50. The second-order valence-electron chi connectivity index (χ2n) is 8.02. The predicted octanol–water partition coefficient (Wildman–Crippen LogP) is 6.52. The van der Waals surface area contributed by atoms with E-state index in [0.29, 0.717) is 45.7 Å². The van der Waals surface area contributed by atoms with Crippen molar-refractivity contribution < 1.29 is 22.7 Å². The molecule has 0 saturated heterocycles. The van der Waals surface area contributed by atoms with E-state index in [1.54, 1.807) is 48.5 Å². The number of aromatic nitrogens is 1. The summed E-state index contributed by atoms with van der Waals surface area (Å²) in [6.07, 6.45) is 1.63. The third-order valence-electron chi connectivity index (χ3n) is 5.44. The van der Waals surface area contributed by atoms with Crippen LogP contribution in [0.1, 0.15) is 26.9 Å². The fraction of sp³-hybridized carbons (Fsp3) is 0.167. The number of carbonyl (C=O) groups is 1. The highest BCUT2D eigenvalue weighted by molar-refractivity contribution is 7.90. The van der Waals surface area contributed by atoms with E-state index in [1.165, 1.54) is 23.7 Å². The van der Waals surface area contributed by atoms with Crippen molar-refractivity contribution in [3.05, 3.63) is 75.2 Å². The van der Waals surface area contributed by atoms with Crippen molar-refractivity contribution in [3.8, 4) is 17.4 Å². The van der Waals surface area contributed by atoms with Crippen LogP contribution < -0.4 is 14.8 Å². The maximum Gasteiger partial charge on any atom is 0.265 e. The number of rotatable bonds is 5. The van der Waals surface area contributed by atoms with Gasteiger partial charge in [0.25, 0.3) is 5.91 Å². The van der Waals surface area contributed by atoms with Crippen molar-refractivity contribution in [2.75, 3.05) is 18.2 Å². The smallest absolute Gasteiger partial charge is 0.265 e. The molecular weight excluding hydrogens is 531 g/mol. The molecule has 4 aromatic rings. The van der Waals surface area contributed by atoms with Crippen molar-refractivity contribution in [1.82, 2.24) is 4.98 Å². The Morgan fingerprint density at radius 3 is 2.66 bits per heavy atom. The number of hydrogen-bond acceptors (Lipinski definition) is 7. The number of hydrogen-bond donors (Lipinski definition) is 1. The van der Waals surface area contributed by atoms with Crippen LogP contribution in [-0.2, 0) is 9.84 Å². The summed E-state index contributed by atoms with van der Waals surface area (Å²) >= 11 is 13.3. The average molecular weight is 549 g/mol. The van der Waals surface area contributed by atoms with Gasteiger partial charge in [0.05, 0.1) is 16.7 Å². The van der Waals surface area contributed by atoms with Crippen LogP contribution in [0.3, 0.4) is 0 Å². The number of sulfone groups is 1. The lowest BCUT2D eigenvalue weighted by atomic mass is 10.0. The van der Waals surface area contributed by atoms with Gasteiger partial charge in [-0.1, -0.05) is 23.2 Å². The lowest BCUT2D eigenvalue weighted by molar-refractivity contribution is 0.103. The van der Waals surface area contributed by atoms with Crippen molar-refractivity contribution in [1.29, 1.82) is 0 Å². The van der Waals surface area contributed by atoms with Gasteiger partial charge in [0.2, 0.25) is 5.88 Å². The molecule has 0 fully saturated rings. The van der Waals surface area contributed by atoms with E-state index in [9.17, 15) is 13.2 Å². The number of anilines is 1. The van der Waals surface area contributed by atoms with Crippen molar-refractivity contribution in [2.45, 2.75) is 11.7 Å². The normalized spacial score (nSPS) is 15.3. The Hall–Kier alpha value is -2.85. The summed E-state index contributed by atoms with van der Waals surface area (Å²) in [6, 6.07) is 15.2. The van der Waals surface area contributed by atoms with E-state index in [0.717, 1.165) is 10.1 Å². The monoisotopic (exact) mass is 548 g/mol. The minimum Gasteiger partial charge on any atom is -0.493 e. The number of nitrogens with zero attached hydrogens (tertiary/aromatic N) is 1. The fourth-order valence-electron chi connectivity index (χ4n) is 3.86. The molecule has 11 heteroatoms. The van der Waals surface area contributed by atoms with Gasteiger partial charge in [0.1, 0.15) is 16.7 Å². The molecule has 5 rings (SSSR count). The number of carbonyl (C=O) groups excluding carboxylic acids is 1. The number of amides is 1. The lowest BCUT2D eigenvalue weighted by Gasteiger charge is -2.24. The standard InChI is InChI=1S/C24H18Cl2N2O5S2/c1-35(30,31)21-6-7-32-18-12-19-13(8-17(18)21)9-20(34-19)24(29)27-15-10-22(26)28-23(11-15)33-16-4-2-14(25)3-5-16/h2-5,8-12,21H,6-7H2,1H3,(H,27,28,29)/t21-/m0/s1. The Morgan fingerprint density at radius 1 is 1.14 bits per heavy atom. The van der Waals surface area contributed by atoms with E-state index >= 15 is 0 Å². The molecular formula is C24H18Cl2N2O5S2. The summed E-state index contributed by atoms with van der Waals surface area (Å²) in [5, 5.41) is 3.70. The lowest BCUT2D eigenvalue weighted by Crippen LogP contribution is -2.20. The molecule has 2 aromatic carbocycles. The molecule has 180 valence electrons. The van der Waals surface area contributed by atoms with Gasteiger partial charge in [-0.15, -0.1) is 11.3 Å². The summed E-state index contributed by atoms with van der Waals surface area (Å²) in [6.45, 7) is 0.332. The van der Waals surface area contributed by atoms with Gasteiger partial charge in [-0.05, 0) is 53.9 Å². The van der Waals surface area contributed by atoms with Crippen LogP contribution in [0.2, 0.25) is 10.2 Å². The summed E-state index contributed by atoms with van der Waals surface area (Å²) in [5.41, 5.74) is 1.04. The number of pyridine rings is 1. The van der Waals surface area contributed by atoms with E-state index in [2.05, 4.69) is 10.3 Å². The SMILES string of the molecule is CS(=O)(=O)[C@H]1CCOc2cc3sc(C(=O)Nc4cc(Cl)nc(Oc5ccc(Cl)cc5)c4)cc3cc21. The maximum atomic E-state index is 13.0. The van der Waals surface area contributed by atoms with Crippen LogP contribution in [0.25, 0.3) is 10.1 Å². The molecule has 2 aromatic heterocycles. The molecule has 0 radical (unpaired) electrons. The largest absolute Gasteiger partial charge is 0.493 e. The molecule has 1 aliphatic heterocycles. The van der Waals surface area contributed by atoms with Crippen molar-refractivity contribution in [2.24, 2.45) is 0 Å². The van der Waals surface area contributed by atoms with Gasteiger partial charge in [-0.3, -0.25) is 4.79 Å². The van der Waals surface area contributed by atoms with Gasteiger partial charge >= 0.3 is 0 Å². The van der Waals surface area contributed by atoms with Gasteiger partial charge in [0, 0.05) is 39.7 Å². The van der Waals surface area contributed by atoms with Crippen LogP contribution in [0.4, 0.5) is 5.69 Å². The summed E-state index contributed by atoms with van der Waals surface area (Å²) < 4.78 is 36.7. The summed E-state index contributed by atoms with van der Waals surface area (Å²) in [7, 11) is -3.28. The molecule has 1 atom stereocenters. The zero-order chi connectivity index (χ0) is 24.7. The van der Waals surface area contributed by atoms with Crippen LogP contribution in [0.5, 0.6) is 17.4 Å². The van der Waals surface area contributed by atoms with Crippen LogP contribution >= 0.6 is 34.5 Å².